The van der Waals surface area contributed by atoms with Gasteiger partial charge in [-0.3, -0.25) is 19.3 Å². The number of imide groups is 1. The first-order chi connectivity index (χ1) is 17.0. The van der Waals surface area contributed by atoms with Crippen molar-refractivity contribution in [3.8, 4) is 0 Å². The van der Waals surface area contributed by atoms with Crippen LogP contribution in [0, 0.1) is 11.8 Å². The number of ketones is 1. The van der Waals surface area contributed by atoms with Crippen molar-refractivity contribution >= 4 is 29.3 Å². The van der Waals surface area contributed by atoms with E-state index in [4.69, 9.17) is 4.74 Å². The van der Waals surface area contributed by atoms with Crippen molar-refractivity contribution in [3.05, 3.63) is 102 Å². The monoisotopic (exact) mass is 467 g/mol. The molecule has 3 aromatic rings. The summed E-state index contributed by atoms with van der Waals surface area (Å²) >= 11 is 0. The highest BCUT2D eigenvalue weighted by atomic mass is 16.5. The molecule has 5 rings (SSSR count). The van der Waals surface area contributed by atoms with Crippen LogP contribution in [0.5, 0.6) is 0 Å². The van der Waals surface area contributed by atoms with Gasteiger partial charge in [0.05, 0.1) is 23.1 Å². The number of hydrogen-bond acceptors (Lipinski definition) is 5. The molecule has 6 nitrogen and oxygen atoms in total. The van der Waals surface area contributed by atoms with Gasteiger partial charge in [-0.2, -0.15) is 0 Å². The molecule has 0 bridgehead atoms. The number of carbonyl (C=O) groups is 4. The number of hydrogen-bond donors (Lipinski definition) is 0. The van der Waals surface area contributed by atoms with Gasteiger partial charge < -0.3 is 4.74 Å². The summed E-state index contributed by atoms with van der Waals surface area (Å²) in [6.07, 6.45) is 2.23. The van der Waals surface area contributed by atoms with Gasteiger partial charge in [-0.25, -0.2) is 4.79 Å². The van der Waals surface area contributed by atoms with Gasteiger partial charge in [0.15, 0.2) is 12.4 Å². The molecule has 1 heterocycles. The fourth-order valence-electron chi connectivity index (χ4n) is 5.13. The molecular formula is C29H25NO5. The number of rotatable bonds is 6. The summed E-state index contributed by atoms with van der Waals surface area (Å²) in [6, 6.07) is 24.9. The third-order valence-corrected chi connectivity index (χ3v) is 6.99. The zero-order valence-electron chi connectivity index (χ0n) is 19.1. The van der Waals surface area contributed by atoms with Gasteiger partial charge in [0, 0.05) is 5.56 Å². The van der Waals surface area contributed by atoms with Gasteiger partial charge in [0.25, 0.3) is 0 Å². The minimum atomic E-state index is -0.640. The number of ether oxygens (including phenoxy) is 1. The highest BCUT2D eigenvalue weighted by Crippen LogP contribution is 2.45. The van der Waals surface area contributed by atoms with Crippen LogP contribution in [0.25, 0.3) is 0 Å². The van der Waals surface area contributed by atoms with E-state index >= 15 is 0 Å². The van der Waals surface area contributed by atoms with E-state index < -0.39 is 5.97 Å². The lowest BCUT2D eigenvalue weighted by molar-refractivity contribution is -0.122. The summed E-state index contributed by atoms with van der Waals surface area (Å²) in [4.78, 5) is 52.2. The second kappa shape index (κ2) is 9.66. The Kier molecular flexibility index (Phi) is 6.27. The van der Waals surface area contributed by atoms with Crippen LogP contribution >= 0.6 is 0 Å². The molecule has 1 aliphatic carbocycles. The maximum absolute atomic E-state index is 13.2. The van der Waals surface area contributed by atoms with Gasteiger partial charge in [0.1, 0.15) is 0 Å². The van der Waals surface area contributed by atoms with Crippen LogP contribution in [0.2, 0.25) is 0 Å². The lowest BCUT2D eigenvalue weighted by atomic mass is 9.73. The summed E-state index contributed by atoms with van der Waals surface area (Å²) in [6.45, 7) is -0.361. The van der Waals surface area contributed by atoms with E-state index in [0.717, 1.165) is 6.42 Å². The number of carbonyl (C=O) groups excluding carboxylic acids is 4. The van der Waals surface area contributed by atoms with Crippen molar-refractivity contribution in [2.45, 2.75) is 25.2 Å². The Hall–Kier alpha value is -4.06. The number of benzene rings is 3. The van der Waals surface area contributed by atoms with E-state index in [1.54, 1.807) is 42.5 Å². The van der Waals surface area contributed by atoms with Crippen LogP contribution in [0.15, 0.2) is 84.9 Å². The third kappa shape index (κ3) is 4.52. The average molecular weight is 468 g/mol. The Morgan fingerprint density at radius 3 is 2.06 bits per heavy atom. The number of nitrogens with zero attached hydrogens (tertiary/aromatic N) is 1. The quantitative estimate of drug-likeness (QED) is 0.296. The molecule has 176 valence electrons. The first-order valence-corrected chi connectivity index (χ1v) is 11.8. The maximum Gasteiger partial charge on any atom is 0.338 e. The van der Waals surface area contributed by atoms with E-state index in [1.165, 1.54) is 22.6 Å². The molecule has 1 aliphatic heterocycles. The van der Waals surface area contributed by atoms with Gasteiger partial charge in [-0.15, -0.1) is 0 Å². The van der Waals surface area contributed by atoms with E-state index in [-0.39, 0.29) is 47.5 Å². The molecule has 1 saturated carbocycles. The first-order valence-electron chi connectivity index (χ1n) is 11.8. The Bertz CT molecular complexity index is 1250. The summed E-state index contributed by atoms with van der Waals surface area (Å²) in [5.74, 6) is -1.63. The van der Waals surface area contributed by atoms with Gasteiger partial charge in [-0.1, -0.05) is 60.7 Å². The van der Waals surface area contributed by atoms with E-state index in [0.29, 0.717) is 24.1 Å². The predicted molar refractivity (Wildman–Crippen MR) is 130 cm³/mol. The highest BCUT2D eigenvalue weighted by Gasteiger charge is 2.50. The van der Waals surface area contributed by atoms with Crippen molar-refractivity contribution in [2.24, 2.45) is 11.8 Å². The fourth-order valence-corrected chi connectivity index (χ4v) is 5.13. The smallest absolute Gasteiger partial charge is 0.338 e. The molecule has 2 amide bonds. The Morgan fingerprint density at radius 2 is 1.37 bits per heavy atom. The van der Waals surface area contributed by atoms with Crippen molar-refractivity contribution in [2.75, 3.05) is 11.5 Å². The zero-order chi connectivity index (χ0) is 24.4. The molecule has 3 atom stereocenters. The molecule has 6 heteroatoms. The normalized spacial score (nSPS) is 21.5. The molecular weight excluding hydrogens is 442 g/mol. The van der Waals surface area contributed by atoms with E-state index in [2.05, 4.69) is 12.1 Å². The standard InChI is InChI=1S/C29H25NO5/c31-26(20-9-5-2-6-10-20)18-35-29(34)21-11-14-23(15-12-21)30-27(32)24-16-13-22(17-25(24)28(30)33)19-7-3-1-4-8-19/h1-12,14-15,22,24-25H,13,16-18H2/t22-,24-,25+/m1/s1. The molecule has 1 saturated heterocycles. The topological polar surface area (TPSA) is 80.8 Å². The second-order valence-corrected chi connectivity index (χ2v) is 9.06. The minimum absolute atomic E-state index is 0.171. The van der Waals surface area contributed by atoms with Crippen LogP contribution in [-0.2, 0) is 14.3 Å². The molecule has 2 fully saturated rings. The average Bonchev–Trinajstić information content (AvgIpc) is 3.17. The number of fused-ring (bicyclic) bond motifs is 1. The SMILES string of the molecule is O=C(COC(=O)c1ccc(N2C(=O)[C@H]3C[C@H](c4ccccc4)CC[C@H]3C2=O)cc1)c1ccccc1. The first kappa shape index (κ1) is 22.7. The maximum atomic E-state index is 13.2. The Labute approximate surface area is 203 Å². The lowest BCUT2D eigenvalue weighted by Gasteiger charge is -2.28. The van der Waals surface area contributed by atoms with Crippen molar-refractivity contribution in [1.29, 1.82) is 0 Å². The minimum Gasteiger partial charge on any atom is -0.454 e. The summed E-state index contributed by atoms with van der Waals surface area (Å²) < 4.78 is 5.15. The molecule has 35 heavy (non-hydrogen) atoms. The van der Waals surface area contributed by atoms with Crippen molar-refractivity contribution in [3.63, 3.8) is 0 Å². The van der Waals surface area contributed by atoms with Crippen LogP contribution < -0.4 is 4.90 Å². The molecule has 0 unspecified atom stereocenters. The number of anilines is 1. The number of amides is 2. The van der Waals surface area contributed by atoms with Crippen LogP contribution in [0.1, 0.15) is 51.5 Å². The largest absolute Gasteiger partial charge is 0.454 e. The van der Waals surface area contributed by atoms with Gasteiger partial charge in [-0.05, 0) is 55.0 Å². The molecule has 0 spiro atoms. The van der Waals surface area contributed by atoms with Gasteiger partial charge in [0.2, 0.25) is 11.8 Å². The van der Waals surface area contributed by atoms with E-state index in [1.807, 2.05) is 18.2 Å². The van der Waals surface area contributed by atoms with Crippen LogP contribution in [0.4, 0.5) is 5.69 Å². The highest BCUT2D eigenvalue weighted by molar-refractivity contribution is 6.22. The van der Waals surface area contributed by atoms with Crippen LogP contribution in [0.3, 0.4) is 0 Å². The molecule has 2 aliphatic rings. The Balaban J connectivity index is 1.24. The summed E-state index contributed by atoms with van der Waals surface area (Å²) in [7, 11) is 0. The third-order valence-electron chi connectivity index (χ3n) is 6.99. The molecule has 0 N–H and O–H groups in total. The number of Topliss-reactive ketones (excluding diaryl/α,β-unsaturated/α-hetero) is 1. The van der Waals surface area contributed by atoms with E-state index in [9.17, 15) is 19.2 Å². The lowest BCUT2D eigenvalue weighted by Crippen LogP contribution is -2.30. The van der Waals surface area contributed by atoms with Crippen LogP contribution in [-0.4, -0.2) is 30.2 Å². The van der Waals surface area contributed by atoms with Crippen molar-refractivity contribution < 1.29 is 23.9 Å². The number of esters is 1. The Morgan fingerprint density at radius 1 is 0.743 bits per heavy atom. The fraction of sp³-hybridized carbons (Fsp3) is 0.241. The summed E-state index contributed by atoms with van der Waals surface area (Å²) in [5.41, 5.74) is 2.37. The van der Waals surface area contributed by atoms with Crippen molar-refractivity contribution in [1.82, 2.24) is 0 Å². The summed E-state index contributed by atoms with van der Waals surface area (Å²) in [5, 5.41) is 0. The molecule has 0 radical (unpaired) electrons. The zero-order valence-corrected chi connectivity index (χ0v) is 19.1. The molecule has 0 aromatic heterocycles. The predicted octanol–water partition coefficient (Wildman–Crippen LogP) is 4.80. The second-order valence-electron chi connectivity index (χ2n) is 9.06. The van der Waals surface area contributed by atoms with Gasteiger partial charge >= 0.3 is 5.97 Å². The molecule has 3 aromatic carbocycles.